The lowest BCUT2D eigenvalue weighted by Gasteiger charge is -2.29. The maximum absolute atomic E-state index is 4.39. The van der Waals surface area contributed by atoms with Crippen LogP contribution in [0.5, 0.6) is 0 Å². The third-order valence-corrected chi connectivity index (χ3v) is 4.23. The van der Waals surface area contributed by atoms with Gasteiger partial charge in [-0.2, -0.15) is 5.10 Å². The monoisotopic (exact) mass is 259 g/mol. The highest BCUT2D eigenvalue weighted by Crippen LogP contribution is 2.29. The van der Waals surface area contributed by atoms with Crippen molar-refractivity contribution in [1.82, 2.24) is 19.7 Å². The second-order valence-electron chi connectivity index (χ2n) is 5.51. The van der Waals surface area contributed by atoms with Gasteiger partial charge >= 0.3 is 0 Å². The molecule has 0 spiro atoms. The minimum Gasteiger partial charge on any atom is -0.367 e. The van der Waals surface area contributed by atoms with Crippen LogP contribution in [0.1, 0.15) is 39.0 Å². The Morgan fingerprint density at radius 1 is 1.37 bits per heavy atom. The van der Waals surface area contributed by atoms with Crippen molar-refractivity contribution in [3.63, 3.8) is 0 Å². The van der Waals surface area contributed by atoms with Crippen LogP contribution in [0, 0.1) is 5.92 Å². The Kier molecular flexibility index (Phi) is 3.36. The summed E-state index contributed by atoms with van der Waals surface area (Å²) in [7, 11) is 1.91. The minimum absolute atomic E-state index is 0.539. The van der Waals surface area contributed by atoms with E-state index in [1.165, 1.54) is 32.1 Å². The molecule has 0 saturated heterocycles. The smallest absolute Gasteiger partial charge is 0.163 e. The van der Waals surface area contributed by atoms with E-state index >= 15 is 0 Å². The van der Waals surface area contributed by atoms with Gasteiger partial charge in [-0.3, -0.25) is 4.68 Å². The molecule has 1 N–H and O–H groups in total. The first-order valence-electron chi connectivity index (χ1n) is 7.17. The highest BCUT2D eigenvalue weighted by Gasteiger charge is 2.21. The highest BCUT2D eigenvalue weighted by molar-refractivity contribution is 5.86. The van der Waals surface area contributed by atoms with Crippen LogP contribution < -0.4 is 5.32 Å². The number of hydrogen-bond acceptors (Lipinski definition) is 4. The van der Waals surface area contributed by atoms with Gasteiger partial charge in [0.2, 0.25) is 0 Å². The van der Waals surface area contributed by atoms with Gasteiger partial charge in [0.1, 0.15) is 12.1 Å². The predicted molar refractivity (Wildman–Crippen MR) is 76.0 cm³/mol. The number of rotatable bonds is 3. The normalized spacial score (nSPS) is 23.7. The molecule has 2 aromatic heterocycles. The lowest BCUT2D eigenvalue weighted by atomic mass is 9.84. The van der Waals surface area contributed by atoms with E-state index in [1.54, 1.807) is 11.0 Å². The molecule has 0 aromatic carbocycles. The topological polar surface area (TPSA) is 55.6 Å². The van der Waals surface area contributed by atoms with E-state index in [2.05, 4.69) is 27.3 Å². The van der Waals surface area contributed by atoms with Crippen LogP contribution in [-0.4, -0.2) is 25.8 Å². The lowest BCUT2D eigenvalue weighted by molar-refractivity contribution is 0.327. The average molecular weight is 259 g/mol. The van der Waals surface area contributed by atoms with Crippen LogP contribution in [0.15, 0.2) is 12.5 Å². The van der Waals surface area contributed by atoms with Crippen molar-refractivity contribution in [2.75, 3.05) is 5.32 Å². The first kappa shape index (κ1) is 12.4. The van der Waals surface area contributed by atoms with Crippen molar-refractivity contribution in [1.29, 1.82) is 0 Å². The van der Waals surface area contributed by atoms with Gasteiger partial charge in [0.05, 0.1) is 11.6 Å². The van der Waals surface area contributed by atoms with Gasteiger partial charge in [0.15, 0.2) is 5.65 Å². The Labute approximate surface area is 113 Å². The van der Waals surface area contributed by atoms with Gasteiger partial charge in [-0.1, -0.05) is 26.2 Å². The Bertz CT molecular complexity index is 562. The quantitative estimate of drug-likeness (QED) is 0.920. The summed E-state index contributed by atoms with van der Waals surface area (Å²) >= 11 is 0. The molecule has 5 nitrogen and oxygen atoms in total. The molecule has 1 fully saturated rings. The molecular formula is C14H21N5. The third-order valence-electron chi connectivity index (χ3n) is 4.23. The van der Waals surface area contributed by atoms with Crippen LogP contribution >= 0.6 is 0 Å². The Hall–Kier alpha value is -1.65. The van der Waals surface area contributed by atoms with Crippen LogP contribution in [0.3, 0.4) is 0 Å². The number of aryl methyl sites for hydroxylation is 1. The van der Waals surface area contributed by atoms with Crippen LogP contribution in [-0.2, 0) is 7.05 Å². The van der Waals surface area contributed by atoms with Gasteiger partial charge in [0, 0.05) is 13.1 Å². The van der Waals surface area contributed by atoms with Crippen LogP contribution in [0.4, 0.5) is 5.82 Å². The standard InChI is InChI=1S/C14H21N5/c1-3-10-5-4-6-11(7-10)18-13-12-8-17-19(2)14(12)16-9-15-13/h8-11H,3-7H2,1-2H3,(H,15,16,18). The SMILES string of the molecule is CCC1CCCC(Nc2ncnc3c2cnn3C)C1. The zero-order chi connectivity index (χ0) is 13.2. The van der Waals surface area contributed by atoms with Crippen molar-refractivity contribution in [3.8, 4) is 0 Å². The second-order valence-corrected chi connectivity index (χ2v) is 5.51. The summed E-state index contributed by atoms with van der Waals surface area (Å²) in [5, 5.41) is 8.87. The molecule has 1 saturated carbocycles. The zero-order valence-corrected chi connectivity index (χ0v) is 11.6. The molecule has 3 rings (SSSR count). The molecular weight excluding hydrogens is 238 g/mol. The molecule has 19 heavy (non-hydrogen) atoms. The molecule has 0 radical (unpaired) electrons. The number of nitrogens with one attached hydrogen (secondary N) is 1. The Morgan fingerprint density at radius 2 is 2.26 bits per heavy atom. The summed E-state index contributed by atoms with van der Waals surface area (Å²) in [5.74, 6) is 1.79. The molecule has 0 amide bonds. The zero-order valence-electron chi connectivity index (χ0n) is 11.6. The summed E-state index contributed by atoms with van der Waals surface area (Å²) in [6.45, 7) is 2.29. The molecule has 5 heteroatoms. The molecule has 2 unspecified atom stereocenters. The summed E-state index contributed by atoms with van der Waals surface area (Å²) in [6.07, 6.45) is 9.93. The Morgan fingerprint density at radius 3 is 3.11 bits per heavy atom. The summed E-state index contributed by atoms with van der Waals surface area (Å²) in [5.41, 5.74) is 0.889. The number of aromatic nitrogens is 4. The maximum Gasteiger partial charge on any atom is 0.163 e. The van der Waals surface area contributed by atoms with E-state index in [0.717, 1.165) is 22.8 Å². The maximum atomic E-state index is 4.39. The number of hydrogen-bond donors (Lipinski definition) is 1. The van der Waals surface area contributed by atoms with Crippen molar-refractivity contribution in [2.24, 2.45) is 13.0 Å². The molecule has 1 aliphatic rings. The van der Waals surface area contributed by atoms with E-state index in [4.69, 9.17) is 0 Å². The first-order valence-corrected chi connectivity index (χ1v) is 7.17. The highest BCUT2D eigenvalue weighted by atomic mass is 15.3. The van der Waals surface area contributed by atoms with E-state index in [9.17, 15) is 0 Å². The van der Waals surface area contributed by atoms with Gasteiger partial charge < -0.3 is 5.32 Å². The summed E-state index contributed by atoms with van der Waals surface area (Å²) < 4.78 is 1.79. The van der Waals surface area contributed by atoms with Crippen molar-refractivity contribution < 1.29 is 0 Å². The summed E-state index contributed by atoms with van der Waals surface area (Å²) in [6, 6.07) is 0.539. The molecule has 0 bridgehead atoms. The van der Waals surface area contributed by atoms with Gasteiger partial charge in [-0.05, 0) is 18.8 Å². The molecule has 1 aliphatic carbocycles. The second kappa shape index (κ2) is 5.15. The fourth-order valence-corrected chi connectivity index (χ4v) is 3.06. The first-order chi connectivity index (χ1) is 9.28. The van der Waals surface area contributed by atoms with Gasteiger partial charge in [0.25, 0.3) is 0 Å². The minimum atomic E-state index is 0.539. The number of anilines is 1. The third kappa shape index (κ3) is 2.41. The molecule has 2 heterocycles. The fraction of sp³-hybridized carbons (Fsp3) is 0.643. The largest absolute Gasteiger partial charge is 0.367 e. The van der Waals surface area contributed by atoms with E-state index in [-0.39, 0.29) is 0 Å². The molecule has 2 aromatic rings. The van der Waals surface area contributed by atoms with Crippen LogP contribution in [0.2, 0.25) is 0 Å². The van der Waals surface area contributed by atoms with Crippen LogP contribution in [0.25, 0.3) is 11.0 Å². The summed E-state index contributed by atoms with van der Waals surface area (Å²) in [4.78, 5) is 8.66. The molecule has 2 atom stereocenters. The van der Waals surface area contributed by atoms with E-state index < -0.39 is 0 Å². The van der Waals surface area contributed by atoms with Crippen molar-refractivity contribution >= 4 is 16.9 Å². The molecule has 102 valence electrons. The van der Waals surface area contributed by atoms with Gasteiger partial charge in [-0.25, -0.2) is 9.97 Å². The fourth-order valence-electron chi connectivity index (χ4n) is 3.06. The Balaban J connectivity index is 1.81. The van der Waals surface area contributed by atoms with Crippen molar-refractivity contribution in [2.45, 2.75) is 45.1 Å². The van der Waals surface area contributed by atoms with E-state index in [1.807, 2.05) is 13.2 Å². The predicted octanol–water partition coefficient (Wildman–Crippen LogP) is 2.74. The van der Waals surface area contributed by atoms with E-state index in [0.29, 0.717) is 6.04 Å². The van der Waals surface area contributed by atoms with Gasteiger partial charge in [-0.15, -0.1) is 0 Å². The average Bonchev–Trinajstić information content (AvgIpc) is 2.82. The number of fused-ring (bicyclic) bond motifs is 1. The molecule has 0 aliphatic heterocycles. The van der Waals surface area contributed by atoms with Crippen molar-refractivity contribution in [3.05, 3.63) is 12.5 Å². The lowest BCUT2D eigenvalue weighted by Crippen LogP contribution is -2.27. The number of nitrogens with zero attached hydrogens (tertiary/aromatic N) is 4.